The van der Waals surface area contributed by atoms with Gasteiger partial charge < -0.3 is 10.2 Å². The van der Waals surface area contributed by atoms with Gasteiger partial charge in [0, 0.05) is 31.0 Å². The molecule has 0 bridgehead atoms. The van der Waals surface area contributed by atoms with Gasteiger partial charge in [0.2, 0.25) is 5.91 Å². The molecule has 2 rings (SSSR count). The van der Waals surface area contributed by atoms with Gasteiger partial charge in [-0.25, -0.2) is 0 Å². The van der Waals surface area contributed by atoms with Gasteiger partial charge in [-0.2, -0.15) is 0 Å². The van der Waals surface area contributed by atoms with Crippen LogP contribution in [-0.4, -0.2) is 42.3 Å². The molecule has 1 aliphatic heterocycles. The zero-order valence-corrected chi connectivity index (χ0v) is 12.9. The molecule has 4 nitrogen and oxygen atoms in total. The van der Waals surface area contributed by atoms with Crippen LogP contribution >= 0.6 is 0 Å². The Morgan fingerprint density at radius 1 is 1.00 bits per heavy atom. The Morgan fingerprint density at radius 2 is 1.60 bits per heavy atom. The third-order valence-corrected chi connectivity index (χ3v) is 4.95. The molecule has 0 spiro atoms. The molecule has 1 amide bonds. The normalized spacial score (nSPS) is 28.4. The number of amides is 1. The maximum Gasteiger partial charge on any atom is 0.225 e. The second kappa shape index (κ2) is 7.21. The number of ketones is 1. The zero-order valence-electron chi connectivity index (χ0n) is 12.9. The van der Waals surface area contributed by atoms with Crippen molar-refractivity contribution >= 4 is 11.7 Å². The van der Waals surface area contributed by atoms with E-state index in [0.29, 0.717) is 11.9 Å². The second-order valence-corrected chi connectivity index (χ2v) is 6.32. The van der Waals surface area contributed by atoms with Gasteiger partial charge in [-0.05, 0) is 52.0 Å². The Balaban J connectivity index is 1.77. The van der Waals surface area contributed by atoms with Crippen LogP contribution in [0.15, 0.2) is 0 Å². The summed E-state index contributed by atoms with van der Waals surface area (Å²) in [7, 11) is 0. The molecule has 0 aromatic carbocycles. The minimum atomic E-state index is 0.184. The second-order valence-electron chi connectivity index (χ2n) is 6.32. The highest BCUT2D eigenvalue weighted by atomic mass is 16.2. The molecule has 1 saturated heterocycles. The Hall–Kier alpha value is -0.900. The number of likely N-dealkylation sites (tertiary alicyclic amines) is 1. The van der Waals surface area contributed by atoms with Crippen LogP contribution in [0.25, 0.3) is 0 Å². The van der Waals surface area contributed by atoms with Crippen LogP contribution in [-0.2, 0) is 9.59 Å². The van der Waals surface area contributed by atoms with Gasteiger partial charge >= 0.3 is 0 Å². The van der Waals surface area contributed by atoms with E-state index in [0.717, 1.165) is 58.2 Å². The van der Waals surface area contributed by atoms with E-state index in [1.807, 2.05) is 4.90 Å². The Labute approximate surface area is 122 Å². The quantitative estimate of drug-likeness (QED) is 0.856. The monoisotopic (exact) mass is 280 g/mol. The zero-order chi connectivity index (χ0) is 14.5. The van der Waals surface area contributed by atoms with Crippen molar-refractivity contribution in [1.82, 2.24) is 10.2 Å². The van der Waals surface area contributed by atoms with E-state index in [9.17, 15) is 9.59 Å². The SMILES string of the molecule is CCN[C@H]1CC[C@H](C(=O)N2CCC(C(C)=O)CC2)CC1. The van der Waals surface area contributed by atoms with Crippen LogP contribution in [0, 0.1) is 11.8 Å². The first-order valence-electron chi connectivity index (χ1n) is 8.14. The highest BCUT2D eigenvalue weighted by Gasteiger charge is 2.31. The number of piperidine rings is 1. The molecule has 2 aliphatic rings. The fourth-order valence-electron chi connectivity index (χ4n) is 3.60. The number of nitrogens with one attached hydrogen (secondary N) is 1. The lowest BCUT2D eigenvalue weighted by Gasteiger charge is -2.36. The van der Waals surface area contributed by atoms with Crippen molar-refractivity contribution < 1.29 is 9.59 Å². The van der Waals surface area contributed by atoms with Gasteiger partial charge in [0.05, 0.1) is 0 Å². The van der Waals surface area contributed by atoms with Crippen molar-refractivity contribution in [2.45, 2.75) is 58.4 Å². The van der Waals surface area contributed by atoms with E-state index in [2.05, 4.69) is 12.2 Å². The smallest absolute Gasteiger partial charge is 0.225 e. The van der Waals surface area contributed by atoms with Crippen molar-refractivity contribution in [3.05, 3.63) is 0 Å². The van der Waals surface area contributed by atoms with Crippen LogP contribution in [0.3, 0.4) is 0 Å². The predicted molar refractivity (Wildman–Crippen MR) is 79.4 cm³/mol. The molecule has 0 atom stereocenters. The number of nitrogens with zero attached hydrogens (tertiary/aromatic N) is 1. The molecule has 4 heteroatoms. The largest absolute Gasteiger partial charge is 0.342 e. The van der Waals surface area contributed by atoms with Crippen molar-refractivity contribution in [3.63, 3.8) is 0 Å². The standard InChI is InChI=1S/C16H28N2O2/c1-3-17-15-6-4-14(5-7-15)16(20)18-10-8-13(9-11-18)12(2)19/h13-15,17H,3-11H2,1-2H3/t14-,15-. The van der Waals surface area contributed by atoms with Crippen molar-refractivity contribution in [2.75, 3.05) is 19.6 Å². The first-order chi connectivity index (χ1) is 9.61. The average Bonchev–Trinajstić information content (AvgIpc) is 2.48. The predicted octanol–water partition coefficient (Wildman–Crippen LogP) is 1.98. The summed E-state index contributed by atoms with van der Waals surface area (Å²) >= 11 is 0. The van der Waals surface area contributed by atoms with E-state index >= 15 is 0 Å². The molecule has 1 saturated carbocycles. The van der Waals surface area contributed by atoms with E-state index in [4.69, 9.17) is 0 Å². The summed E-state index contributed by atoms with van der Waals surface area (Å²) in [5.41, 5.74) is 0. The maximum absolute atomic E-state index is 12.5. The van der Waals surface area contributed by atoms with Crippen molar-refractivity contribution in [3.8, 4) is 0 Å². The summed E-state index contributed by atoms with van der Waals surface area (Å²) in [4.78, 5) is 25.9. The van der Waals surface area contributed by atoms with Gasteiger partial charge in [-0.15, -0.1) is 0 Å². The molecular formula is C16H28N2O2. The minimum absolute atomic E-state index is 0.184. The Morgan fingerprint density at radius 3 is 2.10 bits per heavy atom. The number of Topliss-reactive ketones (excluding diaryl/α,β-unsaturated/α-hetero) is 1. The lowest BCUT2D eigenvalue weighted by molar-refractivity contribution is -0.139. The van der Waals surface area contributed by atoms with Crippen LogP contribution in [0.1, 0.15) is 52.4 Å². The molecule has 1 heterocycles. The maximum atomic E-state index is 12.5. The van der Waals surface area contributed by atoms with Crippen LogP contribution in [0.4, 0.5) is 0 Å². The summed E-state index contributed by atoms with van der Waals surface area (Å²) in [6, 6.07) is 0.604. The first-order valence-corrected chi connectivity index (χ1v) is 8.14. The molecule has 0 unspecified atom stereocenters. The number of rotatable bonds is 4. The molecule has 1 N–H and O–H groups in total. The van der Waals surface area contributed by atoms with Crippen molar-refractivity contribution in [1.29, 1.82) is 0 Å². The molecule has 0 radical (unpaired) electrons. The third-order valence-electron chi connectivity index (χ3n) is 4.95. The lowest BCUT2D eigenvalue weighted by atomic mass is 9.84. The Bertz CT molecular complexity index is 340. The molecular weight excluding hydrogens is 252 g/mol. The molecule has 20 heavy (non-hydrogen) atoms. The molecule has 114 valence electrons. The Kier molecular flexibility index (Phi) is 5.58. The fraction of sp³-hybridized carbons (Fsp3) is 0.875. The highest BCUT2D eigenvalue weighted by molar-refractivity contribution is 5.81. The molecule has 0 aromatic rings. The summed E-state index contributed by atoms with van der Waals surface area (Å²) in [5.74, 6) is 1.02. The summed E-state index contributed by atoms with van der Waals surface area (Å²) in [6.45, 7) is 6.37. The number of carbonyl (C=O) groups is 2. The summed E-state index contributed by atoms with van der Waals surface area (Å²) in [5, 5.41) is 3.48. The average molecular weight is 280 g/mol. The fourth-order valence-corrected chi connectivity index (χ4v) is 3.60. The van der Waals surface area contributed by atoms with E-state index in [1.165, 1.54) is 0 Å². The van der Waals surface area contributed by atoms with Crippen LogP contribution in [0.5, 0.6) is 0 Å². The van der Waals surface area contributed by atoms with E-state index in [-0.39, 0.29) is 17.6 Å². The molecule has 0 aromatic heterocycles. The van der Waals surface area contributed by atoms with E-state index in [1.54, 1.807) is 6.92 Å². The van der Waals surface area contributed by atoms with Gasteiger partial charge in [-0.3, -0.25) is 9.59 Å². The summed E-state index contributed by atoms with van der Waals surface area (Å²) < 4.78 is 0. The molecule has 1 aliphatic carbocycles. The number of carbonyl (C=O) groups excluding carboxylic acids is 2. The van der Waals surface area contributed by atoms with Crippen molar-refractivity contribution in [2.24, 2.45) is 11.8 Å². The minimum Gasteiger partial charge on any atom is -0.342 e. The van der Waals surface area contributed by atoms with Gasteiger partial charge in [0.1, 0.15) is 5.78 Å². The highest BCUT2D eigenvalue weighted by Crippen LogP contribution is 2.28. The third kappa shape index (κ3) is 3.81. The van der Waals surface area contributed by atoms with Gasteiger partial charge in [0.25, 0.3) is 0 Å². The number of hydrogen-bond acceptors (Lipinski definition) is 3. The topological polar surface area (TPSA) is 49.4 Å². The lowest BCUT2D eigenvalue weighted by Crippen LogP contribution is -2.44. The van der Waals surface area contributed by atoms with Crippen LogP contribution in [0.2, 0.25) is 0 Å². The van der Waals surface area contributed by atoms with E-state index < -0.39 is 0 Å². The van der Waals surface area contributed by atoms with Gasteiger partial charge in [-0.1, -0.05) is 6.92 Å². The van der Waals surface area contributed by atoms with Crippen LogP contribution < -0.4 is 5.32 Å². The summed E-state index contributed by atoms with van der Waals surface area (Å²) in [6.07, 6.45) is 5.98. The molecule has 2 fully saturated rings. The first kappa shape index (κ1) is 15.5. The number of hydrogen-bond donors (Lipinski definition) is 1. The van der Waals surface area contributed by atoms with Gasteiger partial charge in [0.15, 0.2) is 0 Å².